The maximum absolute atomic E-state index is 15.5. The van der Waals surface area contributed by atoms with Crippen LogP contribution in [0.2, 0.25) is 0 Å². The fraction of sp³-hybridized carbons (Fsp3) is 0.286. The summed E-state index contributed by atoms with van der Waals surface area (Å²) in [6.07, 6.45) is 9.47. The fourth-order valence-electron chi connectivity index (χ4n) is 3.60. The second-order valence-corrected chi connectivity index (χ2v) is 7.29. The first-order valence-electron chi connectivity index (χ1n) is 9.79. The van der Waals surface area contributed by atoms with Crippen LogP contribution in [0.1, 0.15) is 36.0 Å². The van der Waals surface area contributed by atoms with E-state index in [-0.39, 0.29) is 28.9 Å². The molecule has 1 aliphatic carbocycles. The number of pyridine rings is 2. The van der Waals surface area contributed by atoms with E-state index in [1.807, 2.05) is 0 Å². The van der Waals surface area contributed by atoms with E-state index in [2.05, 4.69) is 15.4 Å². The summed E-state index contributed by atoms with van der Waals surface area (Å²) in [7, 11) is 0. The van der Waals surface area contributed by atoms with Gasteiger partial charge < -0.3 is 15.9 Å². The summed E-state index contributed by atoms with van der Waals surface area (Å²) in [5.41, 5.74) is 15.6. The molecule has 2 unspecified atom stereocenters. The summed E-state index contributed by atoms with van der Waals surface area (Å²) in [6, 6.07) is 6.35. The highest BCUT2D eigenvalue weighted by atomic mass is 19.1. The van der Waals surface area contributed by atoms with Gasteiger partial charge in [0.25, 0.3) is 0 Å². The number of amides is 1. The van der Waals surface area contributed by atoms with Gasteiger partial charge in [-0.3, -0.25) is 14.8 Å². The van der Waals surface area contributed by atoms with E-state index in [1.54, 1.807) is 24.3 Å². The maximum Gasteiger partial charge on any atom is 0.250 e. The monoisotopic (exact) mass is 410 g/mol. The lowest BCUT2D eigenvalue weighted by Crippen LogP contribution is -2.53. The second kappa shape index (κ2) is 8.60. The minimum absolute atomic E-state index is 0.0666. The van der Waals surface area contributed by atoms with Crippen molar-refractivity contribution in [2.45, 2.75) is 37.8 Å². The van der Waals surface area contributed by atoms with Crippen LogP contribution in [0.15, 0.2) is 53.5 Å². The molecule has 30 heavy (non-hydrogen) atoms. The number of furan rings is 1. The van der Waals surface area contributed by atoms with Gasteiger partial charge in [0.1, 0.15) is 17.3 Å². The van der Waals surface area contributed by atoms with Crippen molar-refractivity contribution in [1.29, 1.82) is 0 Å². The SMILES string of the molecule is NC(=O)c1ccc(N(NC2CCCCC2N)c2cncc(-c3ccco3)c2F)nc1. The summed E-state index contributed by atoms with van der Waals surface area (Å²) in [5, 5.41) is 1.52. The molecule has 0 aromatic carbocycles. The number of rotatable bonds is 6. The highest BCUT2D eigenvalue weighted by Gasteiger charge is 2.27. The van der Waals surface area contributed by atoms with Crippen LogP contribution < -0.4 is 21.9 Å². The molecule has 2 atom stereocenters. The number of primary amides is 1. The third kappa shape index (κ3) is 4.03. The van der Waals surface area contributed by atoms with E-state index in [0.29, 0.717) is 11.6 Å². The Kier molecular flexibility index (Phi) is 5.73. The van der Waals surface area contributed by atoms with E-state index in [9.17, 15) is 4.79 Å². The number of nitrogens with two attached hydrogens (primary N) is 2. The Balaban J connectivity index is 1.75. The van der Waals surface area contributed by atoms with Crippen molar-refractivity contribution in [2.24, 2.45) is 11.5 Å². The van der Waals surface area contributed by atoms with E-state index in [0.717, 1.165) is 25.7 Å². The number of hydrogen-bond donors (Lipinski definition) is 3. The number of carbonyl (C=O) groups excluding carboxylic acids is 1. The van der Waals surface area contributed by atoms with Crippen LogP contribution in [-0.2, 0) is 0 Å². The molecule has 1 amide bonds. The molecule has 0 saturated heterocycles. The smallest absolute Gasteiger partial charge is 0.250 e. The van der Waals surface area contributed by atoms with Gasteiger partial charge in [-0.25, -0.2) is 14.8 Å². The summed E-state index contributed by atoms with van der Waals surface area (Å²) in [6.45, 7) is 0. The zero-order valence-electron chi connectivity index (χ0n) is 16.3. The summed E-state index contributed by atoms with van der Waals surface area (Å²) in [4.78, 5) is 19.9. The number of nitrogens with zero attached hydrogens (tertiary/aromatic N) is 3. The lowest BCUT2D eigenvalue weighted by molar-refractivity contribution is 0.1000. The number of nitrogens with one attached hydrogen (secondary N) is 1. The molecule has 156 valence electrons. The van der Waals surface area contributed by atoms with Gasteiger partial charge in [-0.2, -0.15) is 0 Å². The number of anilines is 2. The van der Waals surface area contributed by atoms with Gasteiger partial charge in [-0.1, -0.05) is 12.8 Å². The number of halogens is 1. The fourth-order valence-corrected chi connectivity index (χ4v) is 3.60. The van der Waals surface area contributed by atoms with E-state index >= 15 is 4.39 Å². The maximum atomic E-state index is 15.5. The van der Waals surface area contributed by atoms with Crippen molar-refractivity contribution in [2.75, 3.05) is 5.01 Å². The minimum Gasteiger partial charge on any atom is -0.464 e. The molecular weight excluding hydrogens is 387 g/mol. The van der Waals surface area contributed by atoms with Crippen molar-refractivity contribution >= 4 is 17.4 Å². The summed E-state index contributed by atoms with van der Waals surface area (Å²) >= 11 is 0. The van der Waals surface area contributed by atoms with Crippen LogP contribution >= 0.6 is 0 Å². The molecule has 0 bridgehead atoms. The van der Waals surface area contributed by atoms with Crippen molar-refractivity contribution < 1.29 is 13.6 Å². The van der Waals surface area contributed by atoms with Crippen molar-refractivity contribution in [3.8, 4) is 11.3 Å². The van der Waals surface area contributed by atoms with Gasteiger partial charge in [0.15, 0.2) is 5.82 Å². The molecule has 0 radical (unpaired) electrons. The molecule has 4 rings (SSSR count). The molecule has 1 aliphatic rings. The highest BCUT2D eigenvalue weighted by molar-refractivity contribution is 5.92. The zero-order valence-corrected chi connectivity index (χ0v) is 16.3. The zero-order chi connectivity index (χ0) is 21.1. The van der Waals surface area contributed by atoms with Gasteiger partial charge in [0.2, 0.25) is 5.91 Å². The van der Waals surface area contributed by atoms with Gasteiger partial charge in [-0.15, -0.1) is 0 Å². The van der Waals surface area contributed by atoms with Crippen molar-refractivity contribution in [1.82, 2.24) is 15.4 Å². The van der Waals surface area contributed by atoms with E-state index in [1.165, 1.54) is 29.9 Å². The Morgan fingerprint density at radius 2 is 2.03 bits per heavy atom. The molecule has 9 heteroatoms. The van der Waals surface area contributed by atoms with E-state index < -0.39 is 11.7 Å². The first-order valence-corrected chi connectivity index (χ1v) is 9.79. The lowest BCUT2D eigenvalue weighted by atomic mass is 9.91. The standard InChI is InChI=1S/C21H23FN6O2/c22-20-14(18-6-3-9-30-18)11-25-12-17(20)28(27-16-5-2-1-4-15(16)23)19-8-7-13(10-26-19)21(24)29/h3,6-12,15-16,27H,1-2,4-5,23H2,(H2,24,29). The van der Waals surface area contributed by atoms with Crippen LogP contribution in [0.3, 0.4) is 0 Å². The Morgan fingerprint density at radius 1 is 1.20 bits per heavy atom. The molecule has 5 N–H and O–H groups in total. The lowest BCUT2D eigenvalue weighted by Gasteiger charge is -2.35. The van der Waals surface area contributed by atoms with Crippen molar-refractivity contribution in [3.05, 3.63) is 60.5 Å². The molecule has 3 heterocycles. The average molecular weight is 410 g/mol. The summed E-state index contributed by atoms with van der Waals surface area (Å²) < 4.78 is 20.9. The van der Waals surface area contributed by atoms with E-state index in [4.69, 9.17) is 15.9 Å². The molecule has 8 nitrogen and oxygen atoms in total. The van der Waals surface area contributed by atoms with Crippen LogP contribution in [0.5, 0.6) is 0 Å². The number of hydrogen-bond acceptors (Lipinski definition) is 7. The van der Waals surface area contributed by atoms with Gasteiger partial charge >= 0.3 is 0 Å². The Labute approximate surface area is 173 Å². The minimum atomic E-state index is -0.587. The third-order valence-corrected chi connectivity index (χ3v) is 5.27. The quantitative estimate of drug-likeness (QED) is 0.534. The topological polar surface area (TPSA) is 123 Å². The molecule has 1 saturated carbocycles. The van der Waals surface area contributed by atoms with Crippen LogP contribution in [0, 0.1) is 5.82 Å². The predicted molar refractivity (Wildman–Crippen MR) is 110 cm³/mol. The average Bonchev–Trinajstić information content (AvgIpc) is 3.28. The molecule has 3 aromatic heterocycles. The molecule has 3 aromatic rings. The molecule has 0 spiro atoms. The molecular formula is C21H23FN6O2. The number of hydrazine groups is 1. The van der Waals surface area contributed by atoms with Crippen LogP contribution in [0.4, 0.5) is 15.9 Å². The largest absolute Gasteiger partial charge is 0.464 e. The first-order chi connectivity index (χ1) is 14.5. The molecule has 1 fully saturated rings. The second-order valence-electron chi connectivity index (χ2n) is 7.29. The summed E-state index contributed by atoms with van der Waals surface area (Å²) in [5.74, 6) is -0.351. The Hall–Kier alpha value is -3.30. The predicted octanol–water partition coefficient (Wildman–Crippen LogP) is 2.89. The van der Waals surface area contributed by atoms with Gasteiger partial charge in [0.05, 0.1) is 23.6 Å². The normalized spacial score (nSPS) is 18.9. The Morgan fingerprint density at radius 3 is 2.70 bits per heavy atom. The Bertz CT molecular complexity index is 1010. The van der Waals surface area contributed by atoms with Crippen LogP contribution in [-0.4, -0.2) is 28.0 Å². The van der Waals surface area contributed by atoms with Gasteiger partial charge in [0, 0.05) is 24.5 Å². The molecule has 0 aliphatic heterocycles. The van der Waals surface area contributed by atoms with Crippen molar-refractivity contribution in [3.63, 3.8) is 0 Å². The number of carbonyl (C=O) groups is 1. The number of aromatic nitrogens is 2. The third-order valence-electron chi connectivity index (χ3n) is 5.27. The first kappa shape index (κ1) is 20.0. The highest BCUT2D eigenvalue weighted by Crippen LogP contribution is 2.32. The van der Waals surface area contributed by atoms with Gasteiger partial charge in [-0.05, 0) is 37.1 Å². The van der Waals surface area contributed by atoms with Crippen LogP contribution in [0.25, 0.3) is 11.3 Å².